The highest BCUT2D eigenvalue weighted by Gasteiger charge is 2.44. The molecule has 2 aliphatic heterocycles. The Morgan fingerprint density at radius 3 is 2.66 bits per heavy atom. The van der Waals surface area contributed by atoms with Crippen molar-refractivity contribution in [3.8, 4) is 16.6 Å². The summed E-state index contributed by atoms with van der Waals surface area (Å²) in [6.45, 7) is 5.92. The molecule has 0 atom stereocenters. The lowest BCUT2D eigenvalue weighted by Crippen LogP contribution is -2.64. The van der Waals surface area contributed by atoms with Crippen LogP contribution in [0.3, 0.4) is 0 Å². The minimum Gasteiger partial charge on any atom is -0.460 e. The molecule has 2 spiro atoms. The van der Waals surface area contributed by atoms with E-state index in [0.29, 0.717) is 22.9 Å². The van der Waals surface area contributed by atoms with E-state index in [-0.39, 0.29) is 6.10 Å². The summed E-state index contributed by atoms with van der Waals surface area (Å²) >= 11 is 1.51. The number of rotatable bonds is 7. The van der Waals surface area contributed by atoms with Gasteiger partial charge in [0.15, 0.2) is 5.13 Å². The standard InChI is InChI=1S/C27H34N8O2S/c1-5-27(6-1)16-28-10-11-35(27)15-19-12-30-23(31-13-19)34-25-32-14-22(38-25)21-4-9-29-24(33-21)37-20-2-7-26(8-3-20)17-36-18-26/h4,9,12-14,20,28H,1-3,5-8,10-11,15-18H2,(H,30,31,32,34). The van der Waals surface area contributed by atoms with Crippen molar-refractivity contribution in [1.29, 1.82) is 0 Å². The van der Waals surface area contributed by atoms with Crippen LogP contribution in [0.2, 0.25) is 0 Å². The highest BCUT2D eigenvalue weighted by Crippen LogP contribution is 2.43. The lowest BCUT2D eigenvalue weighted by atomic mass is 9.72. The first-order chi connectivity index (χ1) is 18.7. The summed E-state index contributed by atoms with van der Waals surface area (Å²) in [5.74, 6) is 0.548. The SMILES string of the molecule is c1cc(-c2cnc(Nc3ncc(CN4CCNCC45CCC5)cn3)s2)nc(OC2CCC3(CC2)COC3)n1. The molecule has 0 radical (unpaired) electrons. The highest BCUT2D eigenvalue weighted by molar-refractivity contribution is 7.18. The van der Waals surface area contributed by atoms with E-state index in [9.17, 15) is 0 Å². The minimum absolute atomic E-state index is 0.168. The number of anilines is 2. The van der Waals surface area contributed by atoms with Crippen LogP contribution in [0.1, 0.15) is 50.5 Å². The van der Waals surface area contributed by atoms with Crippen molar-refractivity contribution < 1.29 is 9.47 Å². The number of ether oxygens (including phenoxy) is 2. The van der Waals surface area contributed by atoms with Crippen LogP contribution < -0.4 is 15.4 Å². The van der Waals surface area contributed by atoms with Crippen LogP contribution in [0.25, 0.3) is 10.6 Å². The summed E-state index contributed by atoms with van der Waals surface area (Å²) in [6.07, 6.45) is 15.8. The molecule has 0 aromatic carbocycles. The molecular weight excluding hydrogens is 500 g/mol. The molecule has 38 heavy (non-hydrogen) atoms. The lowest BCUT2D eigenvalue weighted by Gasteiger charge is -2.53. The normalized spacial score (nSPS) is 22.6. The molecule has 2 aliphatic carbocycles. The van der Waals surface area contributed by atoms with Gasteiger partial charge in [-0.05, 0) is 51.0 Å². The third kappa shape index (κ3) is 4.88. The topological polar surface area (TPSA) is 110 Å². The molecule has 2 saturated carbocycles. The number of hydrogen-bond acceptors (Lipinski definition) is 11. The van der Waals surface area contributed by atoms with E-state index in [4.69, 9.17) is 9.47 Å². The fraction of sp³-hybridized carbons (Fsp3) is 0.593. The first-order valence-electron chi connectivity index (χ1n) is 13.7. The Balaban J connectivity index is 0.957. The van der Waals surface area contributed by atoms with Crippen molar-refractivity contribution in [3.63, 3.8) is 0 Å². The number of thiazole rings is 1. The Hall–Kier alpha value is -2.73. The van der Waals surface area contributed by atoms with Crippen molar-refractivity contribution in [2.75, 3.05) is 38.2 Å². The average Bonchev–Trinajstić information content (AvgIpc) is 3.38. The average molecular weight is 535 g/mol. The van der Waals surface area contributed by atoms with Gasteiger partial charge in [0, 0.05) is 67.5 Å². The number of nitrogens with one attached hydrogen (secondary N) is 2. The van der Waals surface area contributed by atoms with Gasteiger partial charge in [0.2, 0.25) is 5.95 Å². The molecule has 3 aromatic heterocycles. The molecule has 5 heterocycles. The summed E-state index contributed by atoms with van der Waals surface area (Å²) in [7, 11) is 0. The quantitative estimate of drug-likeness (QED) is 0.464. The number of hydrogen-bond donors (Lipinski definition) is 2. The van der Waals surface area contributed by atoms with Gasteiger partial charge in [-0.15, -0.1) is 0 Å². The van der Waals surface area contributed by atoms with E-state index >= 15 is 0 Å². The van der Waals surface area contributed by atoms with Gasteiger partial charge < -0.3 is 20.1 Å². The molecule has 4 fully saturated rings. The zero-order chi connectivity index (χ0) is 25.4. The molecule has 0 amide bonds. The van der Waals surface area contributed by atoms with Crippen molar-refractivity contribution in [2.24, 2.45) is 5.41 Å². The van der Waals surface area contributed by atoms with Gasteiger partial charge in [-0.1, -0.05) is 11.3 Å². The second-order valence-corrected chi connectivity index (χ2v) is 12.3. The van der Waals surface area contributed by atoms with Crippen LogP contribution in [-0.4, -0.2) is 74.3 Å². The molecule has 7 rings (SSSR count). The third-order valence-electron chi connectivity index (χ3n) is 8.74. The van der Waals surface area contributed by atoms with Gasteiger partial charge in [0.05, 0.1) is 23.8 Å². The molecule has 2 saturated heterocycles. The summed E-state index contributed by atoms with van der Waals surface area (Å²) < 4.78 is 11.6. The van der Waals surface area contributed by atoms with Crippen LogP contribution >= 0.6 is 11.3 Å². The third-order valence-corrected chi connectivity index (χ3v) is 9.67. The van der Waals surface area contributed by atoms with Gasteiger partial charge in [0.1, 0.15) is 6.10 Å². The lowest BCUT2D eigenvalue weighted by molar-refractivity contribution is -0.140. The smallest absolute Gasteiger partial charge is 0.317 e. The van der Waals surface area contributed by atoms with E-state index in [1.54, 1.807) is 6.20 Å². The van der Waals surface area contributed by atoms with Crippen LogP contribution in [0.4, 0.5) is 11.1 Å². The Kier molecular flexibility index (Phi) is 6.47. The molecule has 0 unspecified atom stereocenters. The zero-order valence-corrected chi connectivity index (χ0v) is 22.4. The van der Waals surface area contributed by atoms with Crippen LogP contribution in [-0.2, 0) is 11.3 Å². The molecule has 10 nitrogen and oxygen atoms in total. The molecule has 200 valence electrons. The molecule has 3 aromatic rings. The van der Waals surface area contributed by atoms with Gasteiger partial charge in [-0.2, -0.15) is 4.98 Å². The first kappa shape index (κ1) is 24.3. The Bertz CT molecular complexity index is 1250. The summed E-state index contributed by atoms with van der Waals surface area (Å²) in [5.41, 5.74) is 2.69. The molecule has 0 bridgehead atoms. The molecular formula is C27H34N8O2S. The minimum atomic E-state index is 0.168. The molecule has 11 heteroatoms. The summed E-state index contributed by atoms with van der Waals surface area (Å²) in [6, 6.07) is 2.32. The second kappa shape index (κ2) is 10.1. The monoisotopic (exact) mass is 534 g/mol. The molecule has 4 aliphatic rings. The summed E-state index contributed by atoms with van der Waals surface area (Å²) in [5, 5.41) is 7.53. The van der Waals surface area contributed by atoms with Gasteiger partial charge in [-0.3, -0.25) is 4.90 Å². The maximum absolute atomic E-state index is 6.15. The fourth-order valence-electron chi connectivity index (χ4n) is 6.16. The molecule has 2 N–H and O–H groups in total. The van der Waals surface area contributed by atoms with Crippen molar-refractivity contribution >= 4 is 22.4 Å². The van der Waals surface area contributed by atoms with E-state index < -0.39 is 0 Å². The maximum atomic E-state index is 6.15. The van der Waals surface area contributed by atoms with Crippen LogP contribution in [0, 0.1) is 5.41 Å². The van der Waals surface area contributed by atoms with E-state index in [2.05, 4.69) is 40.5 Å². The number of aromatic nitrogens is 5. The van der Waals surface area contributed by atoms with Gasteiger partial charge in [0.25, 0.3) is 0 Å². The van der Waals surface area contributed by atoms with Crippen LogP contribution in [0.15, 0.2) is 30.9 Å². The van der Waals surface area contributed by atoms with E-state index in [1.165, 1.54) is 30.6 Å². The van der Waals surface area contributed by atoms with E-state index in [1.807, 2.05) is 24.7 Å². The second-order valence-electron chi connectivity index (χ2n) is 11.3. The fourth-order valence-corrected chi connectivity index (χ4v) is 6.94. The Morgan fingerprint density at radius 1 is 1.08 bits per heavy atom. The Morgan fingerprint density at radius 2 is 1.92 bits per heavy atom. The highest BCUT2D eigenvalue weighted by atomic mass is 32.1. The number of piperazine rings is 1. The maximum Gasteiger partial charge on any atom is 0.317 e. The largest absolute Gasteiger partial charge is 0.460 e. The summed E-state index contributed by atoms with van der Waals surface area (Å²) in [4.78, 5) is 26.2. The van der Waals surface area contributed by atoms with Gasteiger partial charge in [-0.25, -0.2) is 19.9 Å². The number of nitrogens with zero attached hydrogens (tertiary/aromatic N) is 6. The van der Waals surface area contributed by atoms with Gasteiger partial charge >= 0.3 is 6.01 Å². The first-order valence-corrected chi connectivity index (χ1v) is 14.6. The predicted molar refractivity (Wildman–Crippen MR) is 144 cm³/mol. The zero-order valence-electron chi connectivity index (χ0n) is 21.6. The van der Waals surface area contributed by atoms with Crippen molar-refractivity contribution in [3.05, 3.63) is 36.4 Å². The Labute approximate surface area is 226 Å². The predicted octanol–water partition coefficient (Wildman–Crippen LogP) is 3.80. The van der Waals surface area contributed by atoms with Crippen molar-refractivity contribution in [1.82, 2.24) is 35.1 Å². The van der Waals surface area contributed by atoms with E-state index in [0.717, 1.165) is 86.3 Å². The van der Waals surface area contributed by atoms with Crippen molar-refractivity contribution in [2.45, 2.75) is 63.1 Å². The van der Waals surface area contributed by atoms with Crippen LogP contribution in [0.5, 0.6) is 6.01 Å².